The van der Waals surface area contributed by atoms with Crippen LogP contribution in [0.25, 0.3) is 0 Å². The lowest BCUT2D eigenvalue weighted by Crippen LogP contribution is -1.97. The van der Waals surface area contributed by atoms with Gasteiger partial charge < -0.3 is 9.73 Å². The van der Waals surface area contributed by atoms with Crippen molar-refractivity contribution in [3.8, 4) is 0 Å². The second-order valence-electron chi connectivity index (χ2n) is 1.56. The van der Waals surface area contributed by atoms with Gasteiger partial charge in [-0.2, -0.15) is 0 Å². The molecule has 1 rings (SSSR count). The number of hydrogen-bond acceptors (Lipinski definition) is 3. The molecule has 9 heavy (non-hydrogen) atoms. The zero-order valence-corrected chi connectivity index (χ0v) is 5.05. The summed E-state index contributed by atoms with van der Waals surface area (Å²) in [5, 5.41) is 2.70. The Morgan fingerprint density at radius 1 is 1.56 bits per heavy atom. The summed E-state index contributed by atoms with van der Waals surface area (Å²) < 4.78 is 4.66. The molecule has 3 nitrogen and oxygen atoms in total. The van der Waals surface area contributed by atoms with Gasteiger partial charge in [0.15, 0.2) is 5.88 Å². The van der Waals surface area contributed by atoms with Crippen LogP contribution in [0.15, 0.2) is 27.4 Å². The van der Waals surface area contributed by atoms with E-state index in [0.717, 1.165) is 0 Å². The van der Waals surface area contributed by atoms with Gasteiger partial charge >= 0.3 is 5.63 Å². The molecular formula is C6H7NO2. The highest BCUT2D eigenvalue weighted by Crippen LogP contribution is 1.97. The molecular weight excluding hydrogens is 118 g/mol. The molecule has 0 spiro atoms. The second-order valence-corrected chi connectivity index (χ2v) is 1.56. The average Bonchev–Trinajstić information content (AvgIpc) is 1.88. The van der Waals surface area contributed by atoms with Gasteiger partial charge in [-0.05, 0) is 12.1 Å². The lowest BCUT2D eigenvalue weighted by molar-refractivity contribution is 0.527. The first-order valence-electron chi connectivity index (χ1n) is 2.61. The van der Waals surface area contributed by atoms with Gasteiger partial charge in [-0.1, -0.05) is 0 Å². The minimum absolute atomic E-state index is 0.332. The summed E-state index contributed by atoms with van der Waals surface area (Å²) >= 11 is 0. The summed E-state index contributed by atoms with van der Waals surface area (Å²) in [5.41, 5.74) is -0.332. The van der Waals surface area contributed by atoms with Crippen LogP contribution in [0.1, 0.15) is 0 Å². The molecule has 0 unspecified atom stereocenters. The van der Waals surface area contributed by atoms with Crippen molar-refractivity contribution in [1.29, 1.82) is 0 Å². The maximum Gasteiger partial charge on any atom is 0.337 e. The Morgan fingerprint density at radius 3 is 2.78 bits per heavy atom. The molecule has 0 bridgehead atoms. The summed E-state index contributed by atoms with van der Waals surface area (Å²) in [6.07, 6.45) is 0. The summed E-state index contributed by atoms with van der Waals surface area (Å²) in [7, 11) is 1.69. The Morgan fingerprint density at radius 2 is 2.33 bits per heavy atom. The zero-order valence-electron chi connectivity index (χ0n) is 5.05. The van der Waals surface area contributed by atoms with E-state index in [9.17, 15) is 4.79 Å². The predicted molar refractivity (Wildman–Crippen MR) is 34.5 cm³/mol. The highest BCUT2D eigenvalue weighted by molar-refractivity contribution is 5.27. The van der Waals surface area contributed by atoms with Crippen molar-refractivity contribution in [2.45, 2.75) is 0 Å². The van der Waals surface area contributed by atoms with Crippen LogP contribution < -0.4 is 10.9 Å². The van der Waals surface area contributed by atoms with E-state index >= 15 is 0 Å². The molecule has 48 valence electrons. The van der Waals surface area contributed by atoms with Gasteiger partial charge in [0.2, 0.25) is 0 Å². The van der Waals surface area contributed by atoms with Gasteiger partial charge in [0, 0.05) is 13.1 Å². The van der Waals surface area contributed by atoms with Gasteiger partial charge in [0.1, 0.15) is 0 Å². The second kappa shape index (κ2) is 2.35. The first-order valence-corrected chi connectivity index (χ1v) is 2.61. The maximum atomic E-state index is 10.4. The van der Waals surface area contributed by atoms with Crippen molar-refractivity contribution in [2.75, 3.05) is 12.4 Å². The number of anilines is 1. The molecule has 0 aliphatic rings. The van der Waals surface area contributed by atoms with E-state index in [0.29, 0.717) is 5.88 Å². The molecule has 1 heterocycles. The molecule has 0 saturated heterocycles. The quantitative estimate of drug-likeness (QED) is 0.600. The van der Waals surface area contributed by atoms with E-state index in [4.69, 9.17) is 0 Å². The topological polar surface area (TPSA) is 42.2 Å². The molecule has 0 aliphatic heterocycles. The fourth-order valence-electron chi connectivity index (χ4n) is 0.525. The Bertz CT molecular complexity index is 241. The lowest BCUT2D eigenvalue weighted by Gasteiger charge is -1.92. The smallest absolute Gasteiger partial charge is 0.337 e. The molecule has 0 radical (unpaired) electrons. The van der Waals surface area contributed by atoms with Gasteiger partial charge in [-0.25, -0.2) is 4.79 Å². The summed E-state index contributed by atoms with van der Waals surface area (Å²) in [4.78, 5) is 10.4. The molecule has 0 fully saturated rings. The molecule has 1 N–H and O–H groups in total. The standard InChI is InChI=1S/C6H7NO2/c1-7-5-3-2-4-6(8)9-5/h2-4,7H,1H3. The minimum Gasteiger partial charge on any atom is -0.407 e. The van der Waals surface area contributed by atoms with Crippen LogP contribution >= 0.6 is 0 Å². The van der Waals surface area contributed by atoms with Crippen LogP contribution in [-0.2, 0) is 0 Å². The van der Waals surface area contributed by atoms with Crippen molar-refractivity contribution in [3.05, 3.63) is 28.6 Å². The Balaban J connectivity index is 3.08. The van der Waals surface area contributed by atoms with E-state index in [-0.39, 0.29) is 5.63 Å². The molecule has 3 heteroatoms. The normalized spacial score (nSPS) is 9.00. The number of rotatable bonds is 1. The van der Waals surface area contributed by atoms with Crippen molar-refractivity contribution in [3.63, 3.8) is 0 Å². The Kier molecular flexibility index (Phi) is 1.53. The van der Waals surface area contributed by atoms with Crippen LogP contribution in [0.3, 0.4) is 0 Å². The molecule has 0 atom stereocenters. The van der Waals surface area contributed by atoms with E-state index in [1.165, 1.54) is 6.07 Å². The molecule has 0 aromatic carbocycles. The molecule has 0 aliphatic carbocycles. The maximum absolute atomic E-state index is 10.4. The van der Waals surface area contributed by atoms with Crippen LogP contribution in [0, 0.1) is 0 Å². The van der Waals surface area contributed by atoms with Gasteiger partial charge in [0.05, 0.1) is 0 Å². The van der Waals surface area contributed by atoms with Crippen molar-refractivity contribution < 1.29 is 4.42 Å². The molecule has 0 saturated carbocycles. The van der Waals surface area contributed by atoms with Crippen molar-refractivity contribution in [2.24, 2.45) is 0 Å². The monoisotopic (exact) mass is 125 g/mol. The third kappa shape index (κ3) is 1.32. The first-order chi connectivity index (χ1) is 4.33. The minimum atomic E-state index is -0.332. The van der Waals surface area contributed by atoms with Gasteiger partial charge in [-0.3, -0.25) is 0 Å². The Labute approximate surface area is 52.3 Å². The molecule has 0 amide bonds. The number of nitrogens with one attached hydrogen (secondary N) is 1. The van der Waals surface area contributed by atoms with Crippen LogP contribution in [0.5, 0.6) is 0 Å². The van der Waals surface area contributed by atoms with Crippen molar-refractivity contribution >= 4 is 5.88 Å². The zero-order chi connectivity index (χ0) is 6.69. The fraction of sp³-hybridized carbons (Fsp3) is 0.167. The Hall–Kier alpha value is -1.25. The van der Waals surface area contributed by atoms with E-state index in [1.807, 2.05) is 0 Å². The highest BCUT2D eigenvalue weighted by atomic mass is 16.4. The third-order valence-electron chi connectivity index (χ3n) is 0.937. The fourth-order valence-corrected chi connectivity index (χ4v) is 0.525. The van der Waals surface area contributed by atoms with Crippen molar-refractivity contribution in [1.82, 2.24) is 0 Å². The largest absolute Gasteiger partial charge is 0.407 e. The third-order valence-corrected chi connectivity index (χ3v) is 0.937. The van der Waals surface area contributed by atoms with Crippen LogP contribution in [-0.4, -0.2) is 7.05 Å². The lowest BCUT2D eigenvalue weighted by atomic mass is 10.5. The summed E-state index contributed by atoms with van der Waals surface area (Å²) in [5.74, 6) is 0.488. The van der Waals surface area contributed by atoms with E-state index < -0.39 is 0 Å². The molecule has 1 aromatic heterocycles. The SMILES string of the molecule is CNc1cccc(=O)o1. The van der Waals surface area contributed by atoms with Gasteiger partial charge in [0.25, 0.3) is 0 Å². The summed E-state index contributed by atoms with van der Waals surface area (Å²) in [6.45, 7) is 0. The van der Waals surface area contributed by atoms with E-state index in [2.05, 4.69) is 9.73 Å². The average molecular weight is 125 g/mol. The molecule has 1 aromatic rings. The number of hydrogen-bond donors (Lipinski definition) is 1. The van der Waals surface area contributed by atoms with Gasteiger partial charge in [-0.15, -0.1) is 0 Å². The van der Waals surface area contributed by atoms with Crippen LogP contribution in [0.4, 0.5) is 5.88 Å². The first kappa shape index (κ1) is 5.88. The highest BCUT2D eigenvalue weighted by Gasteiger charge is 1.87. The van der Waals surface area contributed by atoms with E-state index in [1.54, 1.807) is 19.2 Å². The predicted octanol–water partition coefficient (Wildman–Crippen LogP) is 0.681. The summed E-state index contributed by atoms with van der Waals surface area (Å²) in [6, 6.07) is 4.68. The van der Waals surface area contributed by atoms with Crippen LogP contribution in [0.2, 0.25) is 0 Å².